The number of hydrogen-bond acceptors (Lipinski definition) is 5. The lowest BCUT2D eigenvalue weighted by Crippen LogP contribution is -2.26. The van der Waals surface area contributed by atoms with Crippen LogP contribution >= 0.6 is 15.9 Å². The van der Waals surface area contributed by atoms with Crippen molar-refractivity contribution in [1.29, 1.82) is 0 Å². The van der Waals surface area contributed by atoms with E-state index < -0.39 is 11.9 Å². The summed E-state index contributed by atoms with van der Waals surface area (Å²) in [6.45, 7) is 0. The van der Waals surface area contributed by atoms with E-state index in [-0.39, 0.29) is 17.9 Å². The average Bonchev–Trinajstić information content (AvgIpc) is 2.65. The second-order valence-corrected chi connectivity index (χ2v) is 5.88. The van der Waals surface area contributed by atoms with Crippen LogP contribution in [0.5, 0.6) is 0 Å². The van der Waals surface area contributed by atoms with Crippen LogP contribution in [0.4, 0.5) is 0 Å². The third-order valence-corrected chi connectivity index (χ3v) is 3.77. The fourth-order valence-corrected chi connectivity index (χ4v) is 2.20. The van der Waals surface area contributed by atoms with Crippen LogP contribution in [-0.2, 0) is 9.53 Å². The minimum atomic E-state index is -0.779. The summed E-state index contributed by atoms with van der Waals surface area (Å²) >= 11 is 3.29. The van der Waals surface area contributed by atoms with Crippen LogP contribution in [0.3, 0.4) is 0 Å². The van der Waals surface area contributed by atoms with Gasteiger partial charge in [0.2, 0.25) is 0 Å². The predicted octanol–water partition coefficient (Wildman–Crippen LogP) is 2.98. The zero-order valence-electron chi connectivity index (χ0n) is 13.4. The summed E-state index contributed by atoms with van der Waals surface area (Å²) in [4.78, 5) is 36.1. The molecule has 1 amide bonds. The third kappa shape index (κ3) is 5.36. The van der Waals surface area contributed by atoms with Gasteiger partial charge < -0.3 is 4.74 Å². The van der Waals surface area contributed by atoms with E-state index in [1.165, 1.54) is 7.11 Å². The van der Waals surface area contributed by atoms with Gasteiger partial charge in [-0.05, 0) is 24.3 Å². The highest BCUT2D eigenvalue weighted by molar-refractivity contribution is 9.10. The number of hydrogen-bond donors (Lipinski definition) is 1. The zero-order valence-corrected chi connectivity index (χ0v) is 14.9. The van der Waals surface area contributed by atoms with Gasteiger partial charge in [-0.3, -0.25) is 9.59 Å². The molecule has 2 aromatic carbocycles. The van der Waals surface area contributed by atoms with Gasteiger partial charge in [-0.1, -0.05) is 46.3 Å². The van der Waals surface area contributed by atoms with E-state index in [9.17, 15) is 14.4 Å². The van der Waals surface area contributed by atoms with Gasteiger partial charge in [-0.25, -0.2) is 10.2 Å². The summed E-state index contributed by atoms with van der Waals surface area (Å²) in [7, 11) is 1.18. The van der Waals surface area contributed by atoms with E-state index in [0.717, 1.165) is 4.47 Å². The van der Waals surface area contributed by atoms with Gasteiger partial charge in [-0.15, -0.1) is 0 Å². The lowest BCUT2D eigenvalue weighted by molar-refractivity contribution is -0.132. The highest BCUT2D eigenvalue weighted by atomic mass is 79.9. The number of esters is 1. The fourth-order valence-electron chi connectivity index (χ4n) is 1.94. The molecule has 0 fully saturated rings. The molecule has 25 heavy (non-hydrogen) atoms. The van der Waals surface area contributed by atoms with Crippen LogP contribution < -0.4 is 5.43 Å². The van der Waals surface area contributed by atoms with Crippen molar-refractivity contribution >= 4 is 39.3 Å². The molecule has 0 bridgehead atoms. The highest BCUT2D eigenvalue weighted by Gasteiger charge is 2.18. The molecule has 0 saturated heterocycles. The van der Waals surface area contributed by atoms with E-state index in [1.54, 1.807) is 54.6 Å². The normalized spacial score (nSPS) is 10.9. The maximum atomic E-state index is 12.3. The van der Waals surface area contributed by atoms with Gasteiger partial charge in [0.25, 0.3) is 5.91 Å². The Labute approximate surface area is 153 Å². The number of ether oxygens (including phenoxy) is 1. The average molecular weight is 403 g/mol. The number of nitrogens with zero attached hydrogens (tertiary/aromatic N) is 1. The van der Waals surface area contributed by atoms with Gasteiger partial charge in [-0.2, -0.15) is 5.10 Å². The van der Waals surface area contributed by atoms with Gasteiger partial charge >= 0.3 is 5.97 Å². The summed E-state index contributed by atoms with van der Waals surface area (Å²) in [5.74, 6) is -1.58. The van der Waals surface area contributed by atoms with Gasteiger partial charge in [0, 0.05) is 15.6 Å². The summed E-state index contributed by atoms with van der Waals surface area (Å²) in [6.07, 6.45) is -0.288. The fraction of sp³-hybridized carbons (Fsp3) is 0.111. The molecule has 0 atom stereocenters. The molecule has 7 heteroatoms. The molecule has 2 aromatic rings. The first-order valence-electron chi connectivity index (χ1n) is 7.30. The Kier molecular flexibility index (Phi) is 6.59. The Hall–Kier alpha value is -2.80. The molecule has 0 aromatic heterocycles. The lowest BCUT2D eigenvalue weighted by atomic mass is 10.1. The first-order chi connectivity index (χ1) is 12.0. The Balaban J connectivity index is 2.12. The standard InChI is InChI=1S/C18H15BrN2O4/c1-25-18(24)15(11-16(22)12-7-9-14(19)10-8-12)20-21-17(23)13-5-3-2-4-6-13/h2-10H,11H2,1H3,(H,21,23)/b20-15-. The van der Waals surface area contributed by atoms with E-state index in [4.69, 9.17) is 0 Å². The molecule has 0 aliphatic heterocycles. The molecule has 0 aliphatic carbocycles. The summed E-state index contributed by atoms with van der Waals surface area (Å²) in [6, 6.07) is 15.1. The van der Waals surface area contributed by atoms with Crippen LogP contribution in [0.2, 0.25) is 0 Å². The smallest absolute Gasteiger partial charge is 0.354 e. The van der Waals surface area contributed by atoms with Crippen molar-refractivity contribution in [2.45, 2.75) is 6.42 Å². The maximum Gasteiger partial charge on any atom is 0.354 e. The van der Waals surface area contributed by atoms with Crippen LogP contribution in [0.25, 0.3) is 0 Å². The second kappa shape index (κ2) is 8.89. The molecule has 0 unspecified atom stereocenters. The molecule has 0 radical (unpaired) electrons. The molecule has 2 rings (SSSR count). The third-order valence-electron chi connectivity index (χ3n) is 3.24. The SMILES string of the molecule is COC(=O)/C(CC(=O)c1ccc(Br)cc1)=N\NC(=O)c1ccccc1. The number of methoxy groups -OCH3 is 1. The van der Waals surface area contributed by atoms with Gasteiger partial charge in [0.05, 0.1) is 13.5 Å². The van der Waals surface area contributed by atoms with Crippen molar-refractivity contribution in [1.82, 2.24) is 5.43 Å². The van der Waals surface area contributed by atoms with Crippen LogP contribution in [-0.4, -0.2) is 30.5 Å². The van der Waals surface area contributed by atoms with Gasteiger partial charge in [0.15, 0.2) is 11.5 Å². The monoisotopic (exact) mass is 402 g/mol. The molecule has 0 spiro atoms. The Morgan fingerprint density at radius 3 is 2.24 bits per heavy atom. The number of carbonyl (C=O) groups excluding carboxylic acids is 3. The number of ketones is 1. The number of nitrogens with one attached hydrogen (secondary N) is 1. The molecule has 0 saturated carbocycles. The molecular weight excluding hydrogens is 388 g/mol. The Morgan fingerprint density at radius 1 is 1.00 bits per heavy atom. The van der Waals surface area contributed by atoms with Crippen molar-refractivity contribution in [3.8, 4) is 0 Å². The number of carbonyl (C=O) groups is 3. The highest BCUT2D eigenvalue weighted by Crippen LogP contribution is 2.12. The van der Waals surface area contributed by atoms with Crippen molar-refractivity contribution in [2.75, 3.05) is 7.11 Å². The van der Waals surface area contributed by atoms with Crippen LogP contribution in [0.1, 0.15) is 27.1 Å². The largest absolute Gasteiger partial charge is 0.464 e. The number of benzene rings is 2. The lowest BCUT2D eigenvalue weighted by Gasteiger charge is -2.06. The predicted molar refractivity (Wildman–Crippen MR) is 96.4 cm³/mol. The van der Waals surface area contributed by atoms with Crippen molar-refractivity contribution in [3.05, 3.63) is 70.2 Å². The number of halogens is 1. The molecule has 6 nitrogen and oxygen atoms in total. The molecular formula is C18H15BrN2O4. The van der Waals surface area contributed by atoms with Crippen molar-refractivity contribution in [3.63, 3.8) is 0 Å². The molecule has 0 aliphatic rings. The van der Waals surface area contributed by atoms with Crippen LogP contribution in [0, 0.1) is 0 Å². The van der Waals surface area contributed by atoms with Crippen molar-refractivity contribution < 1.29 is 19.1 Å². The second-order valence-electron chi connectivity index (χ2n) is 4.96. The molecule has 0 heterocycles. The Morgan fingerprint density at radius 2 is 1.64 bits per heavy atom. The Bertz CT molecular complexity index is 802. The van der Waals surface area contributed by atoms with Crippen molar-refractivity contribution in [2.24, 2.45) is 5.10 Å². The van der Waals surface area contributed by atoms with E-state index >= 15 is 0 Å². The molecule has 128 valence electrons. The minimum absolute atomic E-state index is 0.181. The summed E-state index contributed by atoms with van der Waals surface area (Å²) in [5, 5.41) is 3.77. The zero-order chi connectivity index (χ0) is 18.2. The summed E-state index contributed by atoms with van der Waals surface area (Å²) in [5.41, 5.74) is 2.90. The summed E-state index contributed by atoms with van der Waals surface area (Å²) < 4.78 is 5.46. The molecule has 1 N–H and O–H groups in total. The number of rotatable bonds is 6. The minimum Gasteiger partial charge on any atom is -0.464 e. The quantitative estimate of drug-likeness (QED) is 0.348. The first kappa shape index (κ1) is 18.5. The maximum absolute atomic E-state index is 12.3. The first-order valence-corrected chi connectivity index (χ1v) is 8.09. The number of Topliss-reactive ketones (excluding diaryl/α,β-unsaturated/α-hetero) is 1. The van der Waals surface area contributed by atoms with E-state index in [1.807, 2.05) is 0 Å². The van der Waals surface area contributed by atoms with E-state index in [0.29, 0.717) is 11.1 Å². The van der Waals surface area contributed by atoms with Gasteiger partial charge in [0.1, 0.15) is 0 Å². The number of hydrazone groups is 1. The van der Waals surface area contributed by atoms with E-state index in [2.05, 4.69) is 31.2 Å². The van der Waals surface area contributed by atoms with Crippen LogP contribution in [0.15, 0.2) is 64.2 Å². The number of amides is 1. The topological polar surface area (TPSA) is 84.8 Å².